The third-order valence-corrected chi connectivity index (χ3v) is 4.91. The van der Waals surface area contributed by atoms with Gasteiger partial charge in [0.25, 0.3) is 0 Å². The van der Waals surface area contributed by atoms with Gasteiger partial charge in [-0.1, -0.05) is 6.07 Å². The lowest BCUT2D eigenvalue weighted by atomic mass is 9.90. The summed E-state index contributed by atoms with van der Waals surface area (Å²) in [4.78, 5) is 35.4. The summed E-state index contributed by atoms with van der Waals surface area (Å²) in [5.74, 6) is -1.64. The van der Waals surface area contributed by atoms with Crippen molar-refractivity contribution in [1.29, 1.82) is 0 Å². The molecule has 4 rings (SSSR count). The molecule has 1 aromatic heterocycles. The molecule has 6 heteroatoms. The second-order valence-electron chi connectivity index (χ2n) is 6.55. The molecule has 0 bridgehead atoms. The Morgan fingerprint density at radius 2 is 1.81 bits per heavy atom. The van der Waals surface area contributed by atoms with Crippen LogP contribution in [0.2, 0.25) is 0 Å². The van der Waals surface area contributed by atoms with Crippen LogP contribution in [0.15, 0.2) is 45.6 Å². The van der Waals surface area contributed by atoms with E-state index in [1.807, 2.05) is 12.1 Å². The molecule has 0 atom stereocenters. The van der Waals surface area contributed by atoms with Gasteiger partial charge >= 0.3 is 0 Å². The first-order chi connectivity index (χ1) is 12.5. The highest BCUT2D eigenvalue weighted by Crippen LogP contribution is 2.32. The Labute approximate surface area is 148 Å². The van der Waals surface area contributed by atoms with Crippen molar-refractivity contribution in [2.45, 2.75) is 18.8 Å². The van der Waals surface area contributed by atoms with Crippen molar-refractivity contribution in [3.63, 3.8) is 0 Å². The molecule has 132 valence electrons. The zero-order valence-electron chi connectivity index (χ0n) is 14.0. The molecule has 1 aromatic carbocycles. The van der Waals surface area contributed by atoms with E-state index >= 15 is 0 Å². The van der Waals surface area contributed by atoms with Crippen molar-refractivity contribution >= 4 is 28.1 Å². The Kier molecular flexibility index (Phi) is 4.05. The molecule has 0 unspecified atom stereocenters. The second-order valence-corrected chi connectivity index (χ2v) is 6.55. The molecule has 1 fully saturated rings. The zero-order valence-corrected chi connectivity index (χ0v) is 14.0. The minimum Gasteiger partial charge on any atom is -0.502 e. The Morgan fingerprint density at radius 3 is 2.54 bits per heavy atom. The number of nitrogens with one attached hydrogen (secondary N) is 1. The minimum absolute atomic E-state index is 0.0953. The van der Waals surface area contributed by atoms with Gasteiger partial charge in [-0.15, -0.1) is 0 Å². The average molecular weight is 351 g/mol. The number of piperidine rings is 1. The number of hydrogen-bond donors (Lipinski definition) is 2. The van der Waals surface area contributed by atoms with Crippen LogP contribution in [0, 0.1) is 0 Å². The van der Waals surface area contributed by atoms with E-state index < -0.39 is 22.7 Å². The van der Waals surface area contributed by atoms with Gasteiger partial charge in [-0.2, -0.15) is 0 Å². The number of fused-ring (bicyclic) bond motifs is 1. The Balaban J connectivity index is 1.84. The summed E-state index contributed by atoms with van der Waals surface area (Å²) in [6, 6.07) is 5.40. The smallest absolute Gasteiger partial charge is 0.235 e. The van der Waals surface area contributed by atoms with Crippen molar-refractivity contribution in [1.82, 2.24) is 5.32 Å². The van der Waals surface area contributed by atoms with Crippen molar-refractivity contribution < 1.29 is 19.1 Å². The molecule has 0 radical (unpaired) electrons. The lowest BCUT2D eigenvalue weighted by Gasteiger charge is -2.23. The minimum atomic E-state index is -0.715. The number of allylic oxidation sites excluding steroid dienone is 4. The zero-order chi connectivity index (χ0) is 18.3. The Morgan fingerprint density at radius 1 is 1.04 bits per heavy atom. The summed E-state index contributed by atoms with van der Waals surface area (Å²) in [6.45, 7) is 1.89. The molecule has 2 aromatic rings. The molecule has 0 amide bonds. The van der Waals surface area contributed by atoms with Gasteiger partial charge in [-0.05, 0) is 61.7 Å². The summed E-state index contributed by atoms with van der Waals surface area (Å²) in [5, 5.41) is 13.8. The summed E-state index contributed by atoms with van der Waals surface area (Å²) in [5.41, 5.74) is 1.09. The molecule has 2 heterocycles. The van der Waals surface area contributed by atoms with Gasteiger partial charge in [0.15, 0.2) is 5.76 Å². The van der Waals surface area contributed by atoms with Crippen molar-refractivity contribution in [3.8, 4) is 5.75 Å². The predicted molar refractivity (Wildman–Crippen MR) is 96.1 cm³/mol. The molecule has 2 aliphatic rings. The third kappa shape index (κ3) is 2.78. The van der Waals surface area contributed by atoms with E-state index in [1.54, 1.807) is 6.07 Å². The van der Waals surface area contributed by atoms with E-state index in [0.717, 1.165) is 43.6 Å². The fourth-order valence-electron chi connectivity index (χ4n) is 3.45. The molecule has 1 aliphatic heterocycles. The summed E-state index contributed by atoms with van der Waals surface area (Å²) in [6.07, 6.45) is 5.55. The van der Waals surface area contributed by atoms with Crippen LogP contribution in [0.3, 0.4) is 0 Å². The van der Waals surface area contributed by atoms with Crippen LogP contribution in [0.1, 0.15) is 30.1 Å². The van der Waals surface area contributed by atoms with Gasteiger partial charge in [-0.3, -0.25) is 14.4 Å². The largest absolute Gasteiger partial charge is 0.502 e. The Bertz CT molecular complexity index is 1040. The number of aromatic hydroxyl groups is 1. The van der Waals surface area contributed by atoms with Gasteiger partial charge in [0, 0.05) is 11.6 Å². The fourth-order valence-corrected chi connectivity index (χ4v) is 3.45. The van der Waals surface area contributed by atoms with Gasteiger partial charge in [0.2, 0.25) is 22.7 Å². The van der Waals surface area contributed by atoms with Crippen LogP contribution in [-0.4, -0.2) is 29.8 Å². The summed E-state index contributed by atoms with van der Waals surface area (Å²) < 4.78 is 5.78. The van der Waals surface area contributed by atoms with E-state index in [4.69, 9.17) is 4.42 Å². The standard InChI is InChI=1S/C20H17NO5/c22-15-4-2-13(9-16(15)23)20-19(25)18(24)14-3-1-12(10-17(14)26-20)11-5-7-21-8-6-11/h1-4,9-11,21,25H,5-8H2. The Hall–Kier alpha value is -2.99. The van der Waals surface area contributed by atoms with Gasteiger partial charge in [-0.25, -0.2) is 0 Å². The first-order valence-electron chi connectivity index (χ1n) is 8.53. The molecule has 0 spiro atoms. The summed E-state index contributed by atoms with van der Waals surface area (Å²) in [7, 11) is 0. The van der Waals surface area contributed by atoms with Crippen molar-refractivity contribution in [3.05, 3.63) is 58.0 Å². The first kappa shape index (κ1) is 16.5. The van der Waals surface area contributed by atoms with Crippen LogP contribution >= 0.6 is 0 Å². The molecule has 1 saturated heterocycles. The highest BCUT2D eigenvalue weighted by Gasteiger charge is 2.22. The van der Waals surface area contributed by atoms with E-state index in [0.29, 0.717) is 11.5 Å². The van der Waals surface area contributed by atoms with E-state index in [1.165, 1.54) is 6.08 Å². The lowest BCUT2D eigenvalue weighted by molar-refractivity contribution is -0.131. The molecule has 2 N–H and O–H groups in total. The number of benzene rings is 1. The quantitative estimate of drug-likeness (QED) is 0.635. The number of ketones is 2. The molecule has 1 aliphatic carbocycles. The first-order valence-corrected chi connectivity index (χ1v) is 8.53. The molecule has 6 nitrogen and oxygen atoms in total. The van der Waals surface area contributed by atoms with Gasteiger partial charge in [0.05, 0.1) is 5.39 Å². The normalized spacial score (nSPS) is 18.4. The van der Waals surface area contributed by atoms with Crippen molar-refractivity contribution in [2.75, 3.05) is 13.1 Å². The summed E-state index contributed by atoms with van der Waals surface area (Å²) >= 11 is 0. The average Bonchev–Trinajstić information content (AvgIpc) is 2.67. The van der Waals surface area contributed by atoms with Crippen LogP contribution in [0.25, 0.3) is 16.5 Å². The third-order valence-electron chi connectivity index (χ3n) is 4.91. The van der Waals surface area contributed by atoms with Crippen LogP contribution in [-0.2, 0) is 9.59 Å². The number of carbonyl (C=O) groups excluding carboxylic acids is 2. The molecular weight excluding hydrogens is 334 g/mol. The number of carbonyl (C=O) groups is 2. The van der Waals surface area contributed by atoms with E-state index in [-0.39, 0.29) is 16.7 Å². The number of rotatable bonds is 2. The fraction of sp³-hybridized carbons (Fsp3) is 0.250. The molecule has 0 saturated carbocycles. The maximum absolute atomic E-state index is 12.5. The molecule has 26 heavy (non-hydrogen) atoms. The lowest BCUT2D eigenvalue weighted by Crippen LogP contribution is -2.26. The monoisotopic (exact) mass is 351 g/mol. The maximum atomic E-state index is 12.5. The van der Waals surface area contributed by atoms with Crippen molar-refractivity contribution in [2.24, 2.45) is 0 Å². The number of hydrogen-bond acceptors (Lipinski definition) is 6. The SMILES string of the molecule is O=C1C=CC(c2oc3cc(C4CCNCC4)ccc3c(=O)c2O)=CC1=O. The molecular formula is C20H17NO5. The maximum Gasteiger partial charge on any atom is 0.235 e. The highest BCUT2D eigenvalue weighted by molar-refractivity contribution is 6.48. The van der Waals surface area contributed by atoms with E-state index in [2.05, 4.69) is 5.32 Å². The van der Waals surface area contributed by atoms with Crippen LogP contribution in [0.5, 0.6) is 5.75 Å². The highest BCUT2D eigenvalue weighted by atomic mass is 16.4. The van der Waals surface area contributed by atoms with Crippen LogP contribution < -0.4 is 10.7 Å². The predicted octanol–water partition coefficient (Wildman–Crippen LogP) is 2.06. The van der Waals surface area contributed by atoms with E-state index in [9.17, 15) is 19.5 Å². The topological polar surface area (TPSA) is 96.6 Å². The second kappa shape index (κ2) is 6.38. The van der Waals surface area contributed by atoms with Crippen LogP contribution in [0.4, 0.5) is 0 Å². The van der Waals surface area contributed by atoms with Gasteiger partial charge in [0.1, 0.15) is 5.58 Å². The van der Waals surface area contributed by atoms with Gasteiger partial charge < -0.3 is 14.8 Å².